The van der Waals surface area contributed by atoms with Crippen LogP contribution >= 0.6 is 37.5 Å². The minimum atomic E-state index is -1.77. The van der Waals surface area contributed by atoms with E-state index in [9.17, 15) is 0 Å². The molecule has 1 aromatic rings. The second-order valence-corrected chi connectivity index (χ2v) is 13.5. The van der Waals surface area contributed by atoms with Gasteiger partial charge in [-0.2, -0.15) is 30.2 Å². The van der Waals surface area contributed by atoms with Gasteiger partial charge in [-0.05, 0) is 13.3 Å². The molecular weight excluding hydrogens is 368 g/mol. The molecule has 0 N–H and O–H groups in total. The fourth-order valence-electron chi connectivity index (χ4n) is 1.22. The zero-order chi connectivity index (χ0) is 15.2. The van der Waals surface area contributed by atoms with E-state index in [4.69, 9.17) is 29.5 Å². The van der Waals surface area contributed by atoms with Gasteiger partial charge in [0.2, 0.25) is 0 Å². The molecule has 0 nitrogen and oxygen atoms in total. The van der Waals surface area contributed by atoms with Crippen LogP contribution in [0.5, 0.6) is 0 Å². The van der Waals surface area contributed by atoms with Crippen LogP contribution in [0.4, 0.5) is 0 Å². The molecule has 0 atom stereocenters. The molecule has 5 heteroatoms. The first kappa shape index (κ1) is 20.5. The van der Waals surface area contributed by atoms with Crippen LogP contribution in [0.25, 0.3) is 0 Å². The van der Waals surface area contributed by atoms with E-state index in [0.29, 0.717) is 0 Å². The van der Waals surface area contributed by atoms with Crippen molar-refractivity contribution >= 4 is 37.5 Å². The summed E-state index contributed by atoms with van der Waals surface area (Å²) in [7, 11) is 15.1. The Bertz CT molecular complexity index is 365. The van der Waals surface area contributed by atoms with E-state index in [0.717, 1.165) is 6.42 Å². The molecule has 112 valence electrons. The SMILES string of the molecule is CP(C)C[CH-]c1ccccc1.[C-]1=CC=CC1.[Cl][V]([Cl])[Cl]. The van der Waals surface area contributed by atoms with Crippen molar-refractivity contribution in [2.24, 2.45) is 0 Å². The third kappa shape index (κ3) is 16.5. The van der Waals surface area contributed by atoms with Crippen molar-refractivity contribution in [2.75, 3.05) is 19.5 Å². The molecule has 0 aliphatic heterocycles. The van der Waals surface area contributed by atoms with E-state index < -0.39 is 12.3 Å². The van der Waals surface area contributed by atoms with Gasteiger partial charge in [0.05, 0.1) is 0 Å². The van der Waals surface area contributed by atoms with Crippen molar-refractivity contribution in [2.45, 2.75) is 6.42 Å². The van der Waals surface area contributed by atoms with E-state index in [1.807, 2.05) is 12.2 Å². The third-order valence-corrected chi connectivity index (χ3v) is 2.99. The molecule has 0 bridgehead atoms. The van der Waals surface area contributed by atoms with Crippen molar-refractivity contribution in [3.63, 3.8) is 0 Å². The normalized spacial score (nSPS) is 11.8. The molecule has 0 amide bonds. The standard InChI is InChI=1S/C10H14P.C5H5.3ClH.V/c1-11(2)9-8-10-6-4-3-5-7-10;1-2-4-5-3-1;;;;/h3-8H,9H2,1-2H3;1-3H,4H2;3*1H;/q2*-1;;;;+3/p-3. The second-order valence-electron chi connectivity index (χ2n) is 4.07. The van der Waals surface area contributed by atoms with Crippen LogP contribution in [0.1, 0.15) is 12.0 Å². The Kier molecular flexibility index (Phi) is 14.7. The predicted molar refractivity (Wildman–Crippen MR) is 92.6 cm³/mol. The molecular formula is C15H19Cl3PV-2. The predicted octanol–water partition coefficient (Wildman–Crippen LogP) is 6.35. The minimum absolute atomic E-state index is 0.220. The quantitative estimate of drug-likeness (QED) is 0.418. The van der Waals surface area contributed by atoms with Crippen molar-refractivity contribution < 1.29 is 12.3 Å². The van der Waals surface area contributed by atoms with Crippen LogP contribution in [-0.4, -0.2) is 19.5 Å². The molecule has 20 heavy (non-hydrogen) atoms. The van der Waals surface area contributed by atoms with E-state index in [1.165, 1.54) is 11.7 Å². The summed E-state index contributed by atoms with van der Waals surface area (Å²) in [5.74, 6) is 0. The first-order chi connectivity index (χ1) is 9.52. The molecule has 0 unspecified atom stereocenters. The number of hydrogen-bond acceptors (Lipinski definition) is 0. The van der Waals surface area contributed by atoms with Gasteiger partial charge in [0.25, 0.3) is 0 Å². The molecule has 0 saturated heterocycles. The Labute approximate surface area is 141 Å². The summed E-state index contributed by atoms with van der Waals surface area (Å²) in [6, 6.07) is 10.5. The zero-order valence-electron chi connectivity index (χ0n) is 11.6. The fraction of sp³-hybridized carbons (Fsp3) is 0.267. The maximum absolute atomic E-state index is 4.95. The first-order valence-electron chi connectivity index (χ1n) is 6.04. The van der Waals surface area contributed by atoms with Crippen LogP contribution in [0.15, 0.2) is 48.6 Å². The van der Waals surface area contributed by atoms with Gasteiger partial charge < -0.3 is 0 Å². The summed E-state index contributed by atoms with van der Waals surface area (Å²) < 4.78 is 0. The van der Waals surface area contributed by atoms with Gasteiger partial charge in [-0.1, -0.05) is 12.2 Å². The third-order valence-electron chi connectivity index (χ3n) is 2.08. The molecule has 0 radical (unpaired) electrons. The van der Waals surface area contributed by atoms with Gasteiger partial charge in [-0.15, -0.1) is 26.5 Å². The molecule has 2 rings (SSSR count). The van der Waals surface area contributed by atoms with Gasteiger partial charge in [0, 0.05) is 0 Å². The monoisotopic (exact) mass is 386 g/mol. The summed E-state index contributed by atoms with van der Waals surface area (Å²) in [4.78, 5) is 0. The molecule has 1 aromatic carbocycles. The van der Waals surface area contributed by atoms with Crippen LogP contribution in [0, 0.1) is 12.5 Å². The number of hydrogen-bond donors (Lipinski definition) is 0. The Morgan fingerprint density at radius 1 is 1.20 bits per heavy atom. The molecule has 1 aliphatic carbocycles. The van der Waals surface area contributed by atoms with Crippen LogP contribution in [0.3, 0.4) is 0 Å². The summed E-state index contributed by atoms with van der Waals surface area (Å²) in [5, 5.41) is 0. The van der Waals surface area contributed by atoms with Gasteiger partial charge in [0.15, 0.2) is 0 Å². The molecule has 0 heterocycles. The maximum atomic E-state index is 4.95. The molecule has 1 aliphatic rings. The first-order valence-corrected chi connectivity index (χ1v) is 14.2. The Balaban J connectivity index is 0.000000331. The molecule has 0 aromatic heterocycles. The summed E-state index contributed by atoms with van der Waals surface area (Å²) in [6.45, 7) is 4.60. The number of benzene rings is 1. The van der Waals surface area contributed by atoms with Gasteiger partial charge in [-0.3, -0.25) is 6.08 Å². The van der Waals surface area contributed by atoms with E-state index in [1.54, 1.807) is 0 Å². The average Bonchev–Trinajstić information content (AvgIpc) is 2.96. The van der Waals surface area contributed by atoms with Crippen molar-refractivity contribution in [1.82, 2.24) is 0 Å². The second kappa shape index (κ2) is 14.4. The van der Waals surface area contributed by atoms with Gasteiger partial charge >= 0.3 is 41.8 Å². The van der Waals surface area contributed by atoms with E-state index in [2.05, 4.69) is 62.2 Å². The van der Waals surface area contributed by atoms with Crippen LogP contribution in [-0.2, 0) is 12.3 Å². The fourth-order valence-corrected chi connectivity index (χ4v) is 1.79. The molecule has 0 spiro atoms. The number of rotatable bonds is 3. The average molecular weight is 388 g/mol. The van der Waals surface area contributed by atoms with Crippen molar-refractivity contribution in [3.8, 4) is 0 Å². The number of halogens is 3. The topological polar surface area (TPSA) is 0 Å². The zero-order valence-corrected chi connectivity index (χ0v) is 16.2. The Hall–Kier alpha value is 0.454. The molecule has 0 fully saturated rings. The number of allylic oxidation sites excluding steroid dienone is 4. The Morgan fingerprint density at radius 2 is 1.80 bits per heavy atom. The van der Waals surface area contributed by atoms with Crippen molar-refractivity contribution in [3.05, 3.63) is 66.6 Å². The summed E-state index contributed by atoms with van der Waals surface area (Å²) in [5.41, 5.74) is 1.35. The molecule has 0 saturated carbocycles. The summed E-state index contributed by atoms with van der Waals surface area (Å²) in [6.07, 6.45) is 13.5. The van der Waals surface area contributed by atoms with E-state index >= 15 is 0 Å². The van der Waals surface area contributed by atoms with Crippen LogP contribution < -0.4 is 0 Å². The van der Waals surface area contributed by atoms with Gasteiger partial charge in [-0.25, -0.2) is 12.2 Å². The Morgan fingerprint density at radius 3 is 2.15 bits per heavy atom. The summed E-state index contributed by atoms with van der Waals surface area (Å²) >= 11 is -1.77. The van der Waals surface area contributed by atoms with Crippen LogP contribution in [0.2, 0.25) is 0 Å². The van der Waals surface area contributed by atoms with Crippen molar-refractivity contribution in [1.29, 1.82) is 0 Å². The van der Waals surface area contributed by atoms with Gasteiger partial charge in [0.1, 0.15) is 0 Å². The van der Waals surface area contributed by atoms with E-state index in [-0.39, 0.29) is 7.92 Å².